The lowest BCUT2D eigenvalue weighted by Crippen LogP contribution is -2.52. The molecule has 4 rings (SSSR count). The van der Waals surface area contributed by atoms with Crippen LogP contribution in [-0.2, 0) is 9.59 Å². The van der Waals surface area contributed by atoms with Crippen molar-refractivity contribution in [2.75, 3.05) is 43.1 Å². The highest BCUT2D eigenvalue weighted by molar-refractivity contribution is 6.01. The zero-order valence-corrected chi connectivity index (χ0v) is 28.5. The minimum absolute atomic E-state index is 0.132. The average Bonchev–Trinajstić information content (AvgIpc) is 3.07. The molecule has 0 saturated heterocycles. The van der Waals surface area contributed by atoms with Gasteiger partial charge in [-0.2, -0.15) is 0 Å². The Hall–Kier alpha value is -4.32. The number of aliphatic hydroxyl groups is 1. The smallest absolute Gasteiger partial charge is 0.317 e. The Labute approximate surface area is 283 Å². The molecule has 3 atom stereocenters. The monoisotopic (exact) mass is 664 g/mol. The number of benzene rings is 2. The number of nitrogens with one attached hydrogen (secondary N) is 3. The number of carbonyl (C=O) groups excluding carboxylic acids is 4. The lowest BCUT2D eigenvalue weighted by molar-refractivity contribution is -0.116. The van der Waals surface area contributed by atoms with E-state index in [1.807, 2.05) is 6.92 Å². The number of unbranched alkanes of at least 4 members (excludes halogenated alkanes) is 2. The van der Waals surface area contributed by atoms with E-state index >= 15 is 0 Å². The number of nitrogen functional groups attached to an aromatic ring is 1. The number of fused-ring (bicyclic) bond motifs is 1. The van der Waals surface area contributed by atoms with Crippen LogP contribution in [0.5, 0.6) is 5.75 Å². The number of carbonyl (C=O) groups is 4. The number of amides is 5. The highest BCUT2D eigenvalue weighted by Gasteiger charge is 2.35. The lowest BCUT2D eigenvalue weighted by atomic mass is 9.96. The van der Waals surface area contributed by atoms with Gasteiger partial charge in [0.2, 0.25) is 11.8 Å². The molecule has 2 aromatic rings. The van der Waals surface area contributed by atoms with Gasteiger partial charge in [-0.1, -0.05) is 50.8 Å². The number of nitrogens with two attached hydrogens (primary N) is 1. The fourth-order valence-electron chi connectivity index (χ4n) is 6.23. The van der Waals surface area contributed by atoms with E-state index in [0.29, 0.717) is 49.3 Å². The normalized spacial score (nSPS) is 18.8. The Morgan fingerprint density at radius 3 is 2.29 bits per heavy atom. The number of nitrogens with zero attached hydrogens (tertiary/aromatic N) is 2. The number of ether oxygens (including phenoxy) is 1. The highest BCUT2D eigenvalue weighted by Crippen LogP contribution is 2.35. The summed E-state index contributed by atoms with van der Waals surface area (Å²) in [6, 6.07) is 11.7. The first-order valence-electron chi connectivity index (χ1n) is 17.2. The van der Waals surface area contributed by atoms with Gasteiger partial charge in [0.05, 0.1) is 41.8 Å². The van der Waals surface area contributed by atoms with Crippen molar-refractivity contribution in [2.45, 2.75) is 96.2 Å². The number of aliphatic hydroxyl groups excluding tert-OH is 1. The maximum atomic E-state index is 13.8. The van der Waals surface area contributed by atoms with Crippen molar-refractivity contribution in [3.05, 3.63) is 48.0 Å². The van der Waals surface area contributed by atoms with Crippen molar-refractivity contribution in [1.82, 2.24) is 15.1 Å². The molecule has 1 heterocycles. The summed E-state index contributed by atoms with van der Waals surface area (Å²) in [5.41, 5.74) is 7.64. The van der Waals surface area contributed by atoms with E-state index in [1.165, 1.54) is 6.42 Å². The SMILES string of the molecule is C[C@H](CO)N1C[C@H](C)[C@@H](CN(C)C(=O)NC2CCCCC2)Oc2c(NC(=O)CCCCCC(=O)Nc3ccccc3N)cccc2C1=O. The summed E-state index contributed by atoms with van der Waals surface area (Å²) in [5, 5.41) is 18.9. The van der Waals surface area contributed by atoms with Crippen LogP contribution in [0.1, 0.15) is 88.4 Å². The first-order valence-corrected chi connectivity index (χ1v) is 17.2. The van der Waals surface area contributed by atoms with Gasteiger partial charge in [-0.3, -0.25) is 14.4 Å². The fourth-order valence-corrected chi connectivity index (χ4v) is 6.23. The second kappa shape index (κ2) is 17.7. The summed E-state index contributed by atoms with van der Waals surface area (Å²) in [5.74, 6) is -0.614. The Morgan fingerprint density at radius 1 is 0.979 bits per heavy atom. The third-order valence-electron chi connectivity index (χ3n) is 9.24. The third kappa shape index (κ3) is 10.1. The number of hydrogen-bond acceptors (Lipinski definition) is 7. The fraction of sp³-hybridized carbons (Fsp3) is 0.556. The predicted molar refractivity (Wildman–Crippen MR) is 187 cm³/mol. The minimum Gasteiger partial charge on any atom is -0.485 e. The van der Waals surface area contributed by atoms with Gasteiger partial charge in [0, 0.05) is 38.4 Å². The molecule has 1 fully saturated rings. The van der Waals surface area contributed by atoms with Crippen LogP contribution in [-0.4, -0.2) is 83.6 Å². The largest absolute Gasteiger partial charge is 0.485 e. The predicted octanol–water partition coefficient (Wildman–Crippen LogP) is 4.99. The van der Waals surface area contributed by atoms with Gasteiger partial charge in [0.15, 0.2) is 5.75 Å². The maximum Gasteiger partial charge on any atom is 0.317 e. The Morgan fingerprint density at radius 2 is 1.62 bits per heavy atom. The summed E-state index contributed by atoms with van der Waals surface area (Å²) in [6.45, 7) is 4.14. The van der Waals surface area contributed by atoms with Crippen molar-refractivity contribution in [1.29, 1.82) is 0 Å². The van der Waals surface area contributed by atoms with Crippen molar-refractivity contribution in [3.63, 3.8) is 0 Å². The molecule has 262 valence electrons. The van der Waals surface area contributed by atoms with Gasteiger partial charge in [-0.25, -0.2) is 4.79 Å². The number of likely N-dealkylation sites (N-methyl/N-ethyl adjacent to an activating group) is 1. The number of rotatable bonds is 13. The standard InChI is InChI=1S/C36H52N6O6/c1-24-21-42(25(2)23-43)35(46)27-15-12-18-30(34(27)48-31(24)22-41(3)36(47)38-26-13-6-4-7-14-26)40-33(45)20-9-5-8-19-32(44)39-29-17-11-10-16-28(29)37/h10-12,15-18,24-26,31,43H,4-9,13-14,19-23,37H2,1-3H3,(H,38,47)(H,39,44)(H,40,45)/t24-,25+,31+/m0/s1. The van der Waals surface area contributed by atoms with Gasteiger partial charge in [-0.05, 0) is 56.9 Å². The van der Waals surface area contributed by atoms with E-state index in [9.17, 15) is 24.3 Å². The molecule has 48 heavy (non-hydrogen) atoms. The Bertz CT molecular complexity index is 1410. The highest BCUT2D eigenvalue weighted by atomic mass is 16.5. The molecule has 5 amide bonds. The Balaban J connectivity index is 1.40. The topological polar surface area (TPSA) is 166 Å². The van der Waals surface area contributed by atoms with E-state index in [2.05, 4.69) is 16.0 Å². The summed E-state index contributed by atoms with van der Waals surface area (Å²) < 4.78 is 6.55. The summed E-state index contributed by atoms with van der Waals surface area (Å²) in [7, 11) is 1.74. The quantitative estimate of drug-likeness (QED) is 0.149. The van der Waals surface area contributed by atoms with Crippen molar-refractivity contribution < 1.29 is 29.0 Å². The molecular weight excluding hydrogens is 612 g/mol. The maximum absolute atomic E-state index is 13.8. The molecule has 2 aliphatic rings. The van der Waals surface area contributed by atoms with Crippen molar-refractivity contribution >= 4 is 40.8 Å². The van der Waals surface area contributed by atoms with Crippen LogP contribution < -0.4 is 26.4 Å². The second-order valence-electron chi connectivity index (χ2n) is 13.2. The Kier molecular flexibility index (Phi) is 13.5. The third-order valence-corrected chi connectivity index (χ3v) is 9.24. The van der Waals surface area contributed by atoms with Crippen LogP contribution in [0.4, 0.5) is 21.9 Å². The molecule has 1 aliphatic carbocycles. The van der Waals surface area contributed by atoms with Gasteiger partial charge in [0.25, 0.3) is 5.91 Å². The number of urea groups is 1. The first-order chi connectivity index (χ1) is 23.1. The van der Waals surface area contributed by atoms with Crippen LogP contribution >= 0.6 is 0 Å². The molecule has 0 radical (unpaired) electrons. The van der Waals surface area contributed by atoms with E-state index in [4.69, 9.17) is 10.5 Å². The molecule has 12 nitrogen and oxygen atoms in total. The van der Waals surface area contributed by atoms with Crippen LogP contribution in [0.3, 0.4) is 0 Å². The molecule has 0 bridgehead atoms. The van der Waals surface area contributed by atoms with Crippen LogP contribution in [0.15, 0.2) is 42.5 Å². The number of anilines is 3. The molecule has 0 unspecified atom stereocenters. The molecule has 1 saturated carbocycles. The average molecular weight is 665 g/mol. The van der Waals surface area contributed by atoms with Crippen LogP contribution in [0, 0.1) is 5.92 Å². The van der Waals surface area contributed by atoms with Crippen molar-refractivity contribution in [2.24, 2.45) is 5.92 Å². The van der Waals surface area contributed by atoms with Crippen LogP contribution in [0.2, 0.25) is 0 Å². The van der Waals surface area contributed by atoms with Gasteiger partial charge < -0.3 is 41.3 Å². The summed E-state index contributed by atoms with van der Waals surface area (Å²) in [4.78, 5) is 55.6. The summed E-state index contributed by atoms with van der Waals surface area (Å²) >= 11 is 0. The van der Waals surface area contributed by atoms with Crippen molar-refractivity contribution in [3.8, 4) is 5.75 Å². The molecular formula is C36H52N6O6. The molecule has 0 spiro atoms. The first kappa shape index (κ1) is 36.5. The van der Waals surface area contributed by atoms with E-state index in [-0.39, 0.29) is 66.6 Å². The van der Waals surface area contributed by atoms with Gasteiger partial charge in [0.1, 0.15) is 6.10 Å². The molecule has 1 aliphatic heterocycles. The molecule has 2 aromatic carbocycles. The second-order valence-corrected chi connectivity index (χ2v) is 13.2. The minimum atomic E-state index is -0.497. The molecule has 6 N–H and O–H groups in total. The van der Waals surface area contributed by atoms with E-state index in [0.717, 1.165) is 25.7 Å². The van der Waals surface area contributed by atoms with E-state index < -0.39 is 12.1 Å². The zero-order chi connectivity index (χ0) is 34.6. The molecule has 0 aromatic heterocycles. The van der Waals surface area contributed by atoms with Crippen LogP contribution in [0.25, 0.3) is 0 Å². The van der Waals surface area contributed by atoms with E-state index in [1.54, 1.807) is 66.2 Å². The summed E-state index contributed by atoms with van der Waals surface area (Å²) in [6.07, 6.45) is 7.26. The number of para-hydroxylation sites is 3. The molecule has 12 heteroatoms. The zero-order valence-electron chi connectivity index (χ0n) is 28.5. The van der Waals surface area contributed by atoms with Gasteiger partial charge >= 0.3 is 6.03 Å². The lowest BCUT2D eigenvalue weighted by Gasteiger charge is -2.38. The van der Waals surface area contributed by atoms with Gasteiger partial charge in [-0.15, -0.1) is 0 Å². The number of hydrogen-bond donors (Lipinski definition) is 5.